The maximum absolute atomic E-state index is 11.3. The highest BCUT2D eigenvalue weighted by Crippen LogP contribution is 2.33. The molecule has 1 aliphatic rings. The van der Waals surface area contributed by atoms with Crippen LogP contribution < -0.4 is 16.0 Å². The average molecular weight is 298 g/mol. The van der Waals surface area contributed by atoms with E-state index in [1.165, 1.54) is 5.39 Å². The fourth-order valence-electron chi connectivity index (χ4n) is 3.29. The standard InChI is InChI=1S/C17H22N4O/c1-11-10-20-17(13-4-3-5-14(19-2)15(11)13)21-8-6-12(7-9-21)16(18)22/h3-5,10,12,19H,6-9H2,1-2H3,(H2,18,22). The molecule has 2 aromatic rings. The molecule has 5 heteroatoms. The lowest BCUT2D eigenvalue weighted by atomic mass is 9.95. The van der Waals surface area contributed by atoms with E-state index in [0.717, 1.165) is 48.4 Å². The number of nitrogens with two attached hydrogens (primary N) is 1. The molecule has 0 unspecified atom stereocenters. The molecule has 5 nitrogen and oxygen atoms in total. The molecule has 1 fully saturated rings. The van der Waals surface area contributed by atoms with Gasteiger partial charge >= 0.3 is 0 Å². The van der Waals surface area contributed by atoms with E-state index < -0.39 is 0 Å². The van der Waals surface area contributed by atoms with E-state index in [1.807, 2.05) is 13.2 Å². The lowest BCUT2D eigenvalue weighted by molar-refractivity contribution is -0.122. The van der Waals surface area contributed by atoms with Gasteiger partial charge in [-0.25, -0.2) is 4.98 Å². The molecule has 1 amide bonds. The van der Waals surface area contributed by atoms with Crippen molar-refractivity contribution >= 4 is 28.2 Å². The van der Waals surface area contributed by atoms with Gasteiger partial charge in [-0.2, -0.15) is 0 Å². The van der Waals surface area contributed by atoms with Gasteiger partial charge in [-0.3, -0.25) is 4.79 Å². The fraction of sp³-hybridized carbons (Fsp3) is 0.412. The number of pyridine rings is 1. The fourth-order valence-corrected chi connectivity index (χ4v) is 3.29. The van der Waals surface area contributed by atoms with Gasteiger partial charge < -0.3 is 16.0 Å². The third kappa shape index (κ3) is 2.47. The number of fused-ring (bicyclic) bond motifs is 1. The number of nitrogens with zero attached hydrogens (tertiary/aromatic N) is 2. The minimum absolute atomic E-state index is 0.000770. The molecule has 0 spiro atoms. The molecule has 116 valence electrons. The van der Waals surface area contributed by atoms with E-state index in [4.69, 9.17) is 5.73 Å². The van der Waals surface area contributed by atoms with E-state index in [1.54, 1.807) is 0 Å². The summed E-state index contributed by atoms with van der Waals surface area (Å²) in [6.07, 6.45) is 3.54. The summed E-state index contributed by atoms with van der Waals surface area (Å²) in [7, 11) is 1.94. The zero-order chi connectivity index (χ0) is 15.7. The first-order chi connectivity index (χ1) is 10.6. The largest absolute Gasteiger partial charge is 0.388 e. The molecular weight excluding hydrogens is 276 g/mol. The minimum Gasteiger partial charge on any atom is -0.388 e. The van der Waals surface area contributed by atoms with E-state index in [-0.39, 0.29) is 11.8 Å². The zero-order valence-corrected chi connectivity index (χ0v) is 13.1. The van der Waals surface area contributed by atoms with Crippen molar-refractivity contribution in [2.24, 2.45) is 11.7 Å². The smallest absolute Gasteiger partial charge is 0.220 e. The summed E-state index contributed by atoms with van der Waals surface area (Å²) in [6, 6.07) is 6.25. The molecule has 1 saturated heterocycles. The predicted octanol–water partition coefficient (Wildman–Crippen LogP) is 2.29. The predicted molar refractivity (Wildman–Crippen MR) is 90.2 cm³/mol. The molecule has 1 aromatic heterocycles. The SMILES string of the molecule is CNc1cccc2c(N3CCC(C(N)=O)CC3)ncc(C)c12. The van der Waals surface area contributed by atoms with Gasteiger partial charge in [0.05, 0.1) is 0 Å². The number of piperidine rings is 1. The summed E-state index contributed by atoms with van der Waals surface area (Å²) in [5.74, 6) is 0.820. The number of amides is 1. The Morgan fingerprint density at radius 1 is 1.36 bits per heavy atom. The number of nitrogens with one attached hydrogen (secondary N) is 1. The van der Waals surface area contributed by atoms with Crippen LogP contribution in [0.2, 0.25) is 0 Å². The molecule has 1 aliphatic heterocycles. The summed E-state index contributed by atoms with van der Waals surface area (Å²) in [6.45, 7) is 3.73. The van der Waals surface area contributed by atoms with Crippen LogP contribution in [0.25, 0.3) is 10.8 Å². The van der Waals surface area contributed by atoms with Gasteiger partial charge in [0.1, 0.15) is 5.82 Å². The summed E-state index contributed by atoms with van der Waals surface area (Å²) in [4.78, 5) is 18.2. The van der Waals surface area contributed by atoms with Crippen molar-refractivity contribution in [1.29, 1.82) is 0 Å². The number of primary amides is 1. The van der Waals surface area contributed by atoms with Crippen molar-refractivity contribution in [1.82, 2.24) is 4.98 Å². The number of anilines is 2. The van der Waals surface area contributed by atoms with Crippen molar-refractivity contribution in [3.05, 3.63) is 30.0 Å². The second kappa shape index (κ2) is 5.83. The molecule has 0 aliphatic carbocycles. The van der Waals surface area contributed by atoms with Crippen molar-refractivity contribution < 1.29 is 4.79 Å². The quantitative estimate of drug-likeness (QED) is 0.912. The second-order valence-corrected chi connectivity index (χ2v) is 5.91. The maximum Gasteiger partial charge on any atom is 0.220 e. The topological polar surface area (TPSA) is 71.2 Å². The maximum atomic E-state index is 11.3. The monoisotopic (exact) mass is 298 g/mol. The second-order valence-electron chi connectivity index (χ2n) is 5.91. The van der Waals surface area contributed by atoms with Gasteiger partial charge in [-0.05, 0) is 31.4 Å². The van der Waals surface area contributed by atoms with Crippen molar-refractivity contribution in [2.75, 3.05) is 30.4 Å². The molecular formula is C17H22N4O. The van der Waals surface area contributed by atoms with E-state index >= 15 is 0 Å². The number of aromatic nitrogens is 1. The average Bonchev–Trinajstić information content (AvgIpc) is 2.55. The Balaban J connectivity index is 1.99. The van der Waals surface area contributed by atoms with Crippen molar-refractivity contribution in [3.63, 3.8) is 0 Å². The Bertz CT molecular complexity index is 705. The molecule has 2 heterocycles. The number of carbonyl (C=O) groups is 1. The first-order valence-electron chi connectivity index (χ1n) is 7.72. The molecule has 0 radical (unpaired) electrons. The van der Waals surface area contributed by atoms with Gasteiger partial charge in [0.25, 0.3) is 0 Å². The lowest BCUT2D eigenvalue weighted by Crippen LogP contribution is -2.39. The Morgan fingerprint density at radius 3 is 2.73 bits per heavy atom. The summed E-state index contributed by atoms with van der Waals surface area (Å²) in [5.41, 5.74) is 7.70. The molecule has 3 rings (SSSR count). The number of benzene rings is 1. The van der Waals surface area contributed by atoms with Crippen LogP contribution in [0, 0.1) is 12.8 Å². The highest BCUT2D eigenvalue weighted by Gasteiger charge is 2.25. The van der Waals surface area contributed by atoms with Gasteiger partial charge in [0, 0.05) is 48.7 Å². The van der Waals surface area contributed by atoms with Crippen LogP contribution in [0.15, 0.2) is 24.4 Å². The Kier molecular flexibility index (Phi) is 3.88. The summed E-state index contributed by atoms with van der Waals surface area (Å²) >= 11 is 0. The van der Waals surface area contributed by atoms with Crippen LogP contribution in [0.3, 0.4) is 0 Å². The number of hydrogen-bond acceptors (Lipinski definition) is 4. The number of hydrogen-bond donors (Lipinski definition) is 2. The zero-order valence-electron chi connectivity index (χ0n) is 13.1. The highest BCUT2D eigenvalue weighted by atomic mass is 16.1. The van der Waals surface area contributed by atoms with Crippen LogP contribution in [0.1, 0.15) is 18.4 Å². The van der Waals surface area contributed by atoms with Crippen LogP contribution in [0.4, 0.5) is 11.5 Å². The minimum atomic E-state index is -0.182. The third-order valence-electron chi connectivity index (χ3n) is 4.55. The van der Waals surface area contributed by atoms with Gasteiger partial charge in [0.2, 0.25) is 5.91 Å². The molecule has 3 N–H and O–H groups in total. The number of rotatable bonds is 3. The molecule has 0 saturated carbocycles. The van der Waals surface area contributed by atoms with Gasteiger partial charge in [-0.1, -0.05) is 12.1 Å². The number of carbonyl (C=O) groups excluding carboxylic acids is 1. The Morgan fingerprint density at radius 2 is 2.09 bits per heavy atom. The molecule has 0 atom stereocenters. The van der Waals surface area contributed by atoms with Crippen molar-refractivity contribution in [3.8, 4) is 0 Å². The van der Waals surface area contributed by atoms with Crippen LogP contribution in [-0.4, -0.2) is 31.0 Å². The lowest BCUT2D eigenvalue weighted by Gasteiger charge is -2.32. The van der Waals surface area contributed by atoms with Crippen LogP contribution in [-0.2, 0) is 4.79 Å². The normalized spacial score (nSPS) is 16.0. The van der Waals surface area contributed by atoms with E-state index in [0.29, 0.717) is 0 Å². The Labute approximate surface area is 130 Å². The van der Waals surface area contributed by atoms with Gasteiger partial charge in [0.15, 0.2) is 0 Å². The molecule has 22 heavy (non-hydrogen) atoms. The van der Waals surface area contributed by atoms with Crippen LogP contribution in [0.5, 0.6) is 0 Å². The first kappa shape index (κ1) is 14.6. The highest BCUT2D eigenvalue weighted by molar-refractivity contribution is 6.02. The van der Waals surface area contributed by atoms with Gasteiger partial charge in [-0.15, -0.1) is 0 Å². The number of aryl methyl sites for hydroxylation is 1. The summed E-state index contributed by atoms with van der Waals surface area (Å²) in [5, 5.41) is 5.63. The third-order valence-corrected chi connectivity index (χ3v) is 4.55. The Hall–Kier alpha value is -2.30. The van der Waals surface area contributed by atoms with E-state index in [2.05, 4.69) is 40.3 Å². The molecule has 1 aromatic carbocycles. The van der Waals surface area contributed by atoms with E-state index in [9.17, 15) is 4.79 Å². The summed E-state index contributed by atoms with van der Waals surface area (Å²) < 4.78 is 0. The van der Waals surface area contributed by atoms with Crippen LogP contribution >= 0.6 is 0 Å². The molecule has 0 bridgehead atoms. The van der Waals surface area contributed by atoms with Crippen molar-refractivity contribution in [2.45, 2.75) is 19.8 Å². The first-order valence-corrected chi connectivity index (χ1v) is 7.72.